The fraction of sp³-hybridized carbons (Fsp3) is 0.839. The highest BCUT2D eigenvalue weighted by Gasteiger charge is 2.28. The number of nitrogens with zero attached hydrogens (tertiary/aromatic N) is 1. The van der Waals surface area contributed by atoms with Crippen LogP contribution in [0.2, 0.25) is 0 Å². The van der Waals surface area contributed by atoms with Crippen molar-refractivity contribution in [2.75, 3.05) is 26.2 Å². The second-order valence-electron chi connectivity index (χ2n) is 11.0. The van der Waals surface area contributed by atoms with Gasteiger partial charge < -0.3 is 24.6 Å². The first kappa shape index (κ1) is 36.1. The normalized spacial score (nSPS) is 11.8. The molecule has 0 saturated carbocycles. The SMILES string of the molecule is CCCCCCCCCCCCC/C=C/CCCCCCC[N+](CCC(=O)[O-])(CCC(=O)O)CCC(=O)O. The van der Waals surface area contributed by atoms with E-state index in [0.29, 0.717) is 6.54 Å². The molecule has 7 nitrogen and oxygen atoms in total. The van der Waals surface area contributed by atoms with Gasteiger partial charge in [-0.15, -0.1) is 0 Å². The van der Waals surface area contributed by atoms with Gasteiger partial charge in [0.05, 0.1) is 39.0 Å². The van der Waals surface area contributed by atoms with Crippen molar-refractivity contribution in [3.63, 3.8) is 0 Å². The molecule has 0 amide bonds. The number of allylic oxidation sites excluding steroid dienone is 2. The first-order chi connectivity index (χ1) is 18.3. The molecule has 0 bridgehead atoms. The van der Waals surface area contributed by atoms with Crippen LogP contribution in [0.5, 0.6) is 0 Å². The summed E-state index contributed by atoms with van der Waals surface area (Å²) in [5.41, 5.74) is 0. The molecule has 0 heterocycles. The van der Waals surface area contributed by atoms with Gasteiger partial charge in [-0.3, -0.25) is 9.59 Å². The largest absolute Gasteiger partial charge is 0.550 e. The molecule has 0 aromatic heterocycles. The number of unbranched alkanes of at least 4 members (excludes halogenated alkanes) is 16. The molecule has 0 aliphatic carbocycles. The Morgan fingerprint density at radius 3 is 1.32 bits per heavy atom. The van der Waals surface area contributed by atoms with Crippen molar-refractivity contribution >= 4 is 17.9 Å². The van der Waals surface area contributed by atoms with Crippen molar-refractivity contribution in [2.45, 2.75) is 142 Å². The van der Waals surface area contributed by atoms with Gasteiger partial charge in [0.2, 0.25) is 0 Å². The van der Waals surface area contributed by atoms with Crippen molar-refractivity contribution in [1.29, 1.82) is 0 Å². The Kier molecular flexibility index (Phi) is 24.1. The van der Waals surface area contributed by atoms with Crippen molar-refractivity contribution in [3.8, 4) is 0 Å². The lowest BCUT2D eigenvalue weighted by molar-refractivity contribution is -0.927. The highest BCUT2D eigenvalue weighted by atomic mass is 16.4. The Morgan fingerprint density at radius 1 is 0.553 bits per heavy atom. The Labute approximate surface area is 232 Å². The van der Waals surface area contributed by atoms with E-state index in [-0.39, 0.29) is 43.4 Å². The van der Waals surface area contributed by atoms with Crippen LogP contribution in [0.15, 0.2) is 12.2 Å². The number of carboxylic acid groups (broad SMARTS) is 3. The summed E-state index contributed by atoms with van der Waals surface area (Å²) < 4.78 is 0.217. The van der Waals surface area contributed by atoms with Crippen LogP contribution in [0.25, 0.3) is 0 Å². The van der Waals surface area contributed by atoms with Gasteiger partial charge >= 0.3 is 11.9 Å². The number of quaternary nitrogens is 1. The number of carbonyl (C=O) groups excluding carboxylic acids is 1. The number of rotatable bonds is 29. The van der Waals surface area contributed by atoms with E-state index in [1.54, 1.807) is 0 Å². The summed E-state index contributed by atoms with van der Waals surface area (Å²) in [5, 5.41) is 29.2. The summed E-state index contributed by atoms with van der Waals surface area (Å²) in [6.45, 7) is 3.58. The number of hydrogen-bond donors (Lipinski definition) is 2. The van der Waals surface area contributed by atoms with Gasteiger partial charge in [0.1, 0.15) is 0 Å². The zero-order valence-corrected chi connectivity index (χ0v) is 24.3. The number of hydrogen-bond acceptors (Lipinski definition) is 4. The summed E-state index contributed by atoms with van der Waals surface area (Å²) in [4.78, 5) is 33.3. The van der Waals surface area contributed by atoms with Gasteiger partial charge in [-0.1, -0.05) is 96.1 Å². The third-order valence-corrected chi connectivity index (χ3v) is 7.53. The van der Waals surface area contributed by atoms with Crippen LogP contribution in [0.1, 0.15) is 142 Å². The molecule has 0 radical (unpaired) electrons. The predicted molar refractivity (Wildman–Crippen MR) is 152 cm³/mol. The minimum absolute atomic E-state index is 0.0990. The lowest BCUT2D eigenvalue weighted by Gasteiger charge is -2.38. The van der Waals surface area contributed by atoms with Crippen LogP contribution in [0, 0.1) is 0 Å². The highest BCUT2D eigenvalue weighted by molar-refractivity contribution is 5.67. The highest BCUT2D eigenvalue weighted by Crippen LogP contribution is 2.17. The monoisotopic (exact) mass is 539 g/mol. The maximum atomic E-state index is 11.1. The lowest BCUT2D eigenvalue weighted by atomic mass is 10.0. The number of carboxylic acids is 3. The molecule has 0 atom stereocenters. The van der Waals surface area contributed by atoms with Crippen molar-refractivity contribution in [3.05, 3.63) is 12.2 Å². The van der Waals surface area contributed by atoms with E-state index in [1.807, 2.05) is 0 Å². The van der Waals surface area contributed by atoms with Crippen LogP contribution in [-0.4, -0.2) is 58.8 Å². The summed E-state index contributed by atoms with van der Waals surface area (Å²) in [5.74, 6) is -3.09. The third-order valence-electron chi connectivity index (χ3n) is 7.53. The standard InChI is InChI=1S/C31H57NO6/c1-2-3-4-5-6-7-8-9-10-11-12-13-14-15-16-17-18-19-20-21-25-32(26-22-29(33)34,27-23-30(35)36)28-24-31(37)38/h14-15H,2-13,16-28H2,1H3,(H2-,33,34,35,36,37,38)/b15-14+. The smallest absolute Gasteiger partial charge is 0.309 e. The molecule has 0 spiro atoms. The molecule has 0 unspecified atom stereocenters. The van der Waals surface area contributed by atoms with Gasteiger partial charge in [-0.05, 0) is 38.5 Å². The average molecular weight is 540 g/mol. The molecule has 2 N–H and O–H groups in total. The topological polar surface area (TPSA) is 115 Å². The Bertz CT molecular complexity index is 588. The molecule has 0 rings (SSSR count). The molecular formula is C31H57NO6. The maximum absolute atomic E-state index is 11.1. The molecule has 0 aromatic carbocycles. The van der Waals surface area contributed by atoms with E-state index in [0.717, 1.165) is 38.5 Å². The van der Waals surface area contributed by atoms with Crippen molar-refractivity contribution in [2.24, 2.45) is 0 Å². The Hall–Kier alpha value is -1.89. The van der Waals surface area contributed by atoms with Gasteiger partial charge in [0.25, 0.3) is 0 Å². The van der Waals surface area contributed by atoms with E-state index in [4.69, 9.17) is 10.2 Å². The molecule has 0 aliphatic heterocycles. The third kappa shape index (κ3) is 24.4. The predicted octanol–water partition coefficient (Wildman–Crippen LogP) is 6.49. The van der Waals surface area contributed by atoms with E-state index >= 15 is 0 Å². The van der Waals surface area contributed by atoms with Gasteiger partial charge in [-0.2, -0.15) is 0 Å². The van der Waals surface area contributed by atoms with Gasteiger partial charge in [0.15, 0.2) is 0 Å². The fourth-order valence-corrected chi connectivity index (χ4v) is 5.07. The Balaban J connectivity index is 3.94. The first-order valence-electron chi connectivity index (χ1n) is 15.4. The van der Waals surface area contributed by atoms with Crippen LogP contribution < -0.4 is 5.11 Å². The van der Waals surface area contributed by atoms with Crippen LogP contribution in [0.3, 0.4) is 0 Å². The fourth-order valence-electron chi connectivity index (χ4n) is 5.07. The maximum Gasteiger partial charge on any atom is 0.309 e. The minimum atomic E-state index is -1.19. The van der Waals surface area contributed by atoms with Crippen LogP contribution in [0.4, 0.5) is 0 Å². The molecule has 0 aliphatic rings. The summed E-state index contributed by atoms with van der Waals surface area (Å²) in [6.07, 6.45) is 26.8. The van der Waals surface area contributed by atoms with E-state index in [9.17, 15) is 19.5 Å². The van der Waals surface area contributed by atoms with Crippen molar-refractivity contribution in [1.82, 2.24) is 0 Å². The summed E-state index contributed by atoms with van der Waals surface area (Å²) in [6, 6.07) is 0. The second-order valence-corrected chi connectivity index (χ2v) is 11.0. The van der Waals surface area contributed by atoms with E-state index < -0.39 is 17.9 Å². The van der Waals surface area contributed by atoms with Crippen molar-refractivity contribution < 1.29 is 34.2 Å². The number of aliphatic carboxylic acids is 3. The minimum Gasteiger partial charge on any atom is -0.550 e. The van der Waals surface area contributed by atoms with Gasteiger partial charge in [0, 0.05) is 12.4 Å². The Morgan fingerprint density at radius 2 is 0.921 bits per heavy atom. The van der Waals surface area contributed by atoms with Crippen LogP contribution >= 0.6 is 0 Å². The summed E-state index contributed by atoms with van der Waals surface area (Å²) >= 11 is 0. The number of carbonyl (C=O) groups is 3. The zero-order chi connectivity index (χ0) is 28.3. The molecular weight excluding hydrogens is 482 g/mol. The van der Waals surface area contributed by atoms with E-state index in [2.05, 4.69) is 19.1 Å². The molecule has 222 valence electrons. The molecule has 0 fully saturated rings. The zero-order valence-electron chi connectivity index (χ0n) is 24.3. The van der Waals surface area contributed by atoms with E-state index in [1.165, 1.54) is 77.0 Å². The molecule has 0 aromatic rings. The lowest BCUT2D eigenvalue weighted by Crippen LogP contribution is -2.53. The molecule has 7 heteroatoms. The first-order valence-corrected chi connectivity index (χ1v) is 15.4. The van der Waals surface area contributed by atoms with Crippen LogP contribution in [-0.2, 0) is 14.4 Å². The van der Waals surface area contributed by atoms with Gasteiger partial charge in [-0.25, -0.2) is 0 Å². The second kappa shape index (κ2) is 25.4. The quantitative estimate of drug-likeness (QED) is 0.0638. The molecule has 0 saturated heterocycles. The summed E-state index contributed by atoms with van der Waals surface area (Å²) in [7, 11) is 0. The average Bonchev–Trinajstić information content (AvgIpc) is 2.88. The molecule has 38 heavy (non-hydrogen) atoms.